The molecule has 0 amide bonds. The maximum atomic E-state index is 14.4. The van der Waals surface area contributed by atoms with Gasteiger partial charge in [-0.25, -0.2) is 9.07 Å². The Morgan fingerprint density at radius 2 is 1.76 bits per heavy atom. The number of hydrogen-bond acceptors (Lipinski definition) is 7. The number of anilines is 1. The number of rotatable bonds is 8. The molecule has 0 unspecified atom stereocenters. The average Bonchev–Trinajstić information content (AvgIpc) is 3.35. The van der Waals surface area contributed by atoms with E-state index in [1.54, 1.807) is 20.3 Å². The van der Waals surface area contributed by atoms with E-state index in [9.17, 15) is 4.39 Å². The SMILES string of the molecule is CCC(C)(C)n1nnnc1[C@@H](c1cc(OC)ccc1OC)N1CCN(c2ccccc2F)CC1. The molecule has 9 heteroatoms. The van der Waals surface area contributed by atoms with Crippen LogP contribution in [0.25, 0.3) is 0 Å². The van der Waals surface area contributed by atoms with Crippen LogP contribution >= 0.6 is 0 Å². The number of para-hydroxylation sites is 1. The van der Waals surface area contributed by atoms with Gasteiger partial charge in [0, 0.05) is 31.7 Å². The summed E-state index contributed by atoms with van der Waals surface area (Å²) in [6.07, 6.45) is 0.869. The van der Waals surface area contributed by atoms with Crippen molar-refractivity contribution >= 4 is 5.69 Å². The molecular formula is C25H33FN6O2. The number of hydrogen-bond donors (Lipinski definition) is 0. The van der Waals surface area contributed by atoms with Crippen molar-refractivity contribution in [1.82, 2.24) is 25.1 Å². The highest BCUT2D eigenvalue weighted by molar-refractivity contribution is 5.48. The number of nitrogens with zero attached hydrogens (tertiary/aromatic N) is 6. The van der Waals surface area contributed by atoms with Crippen LogP contribution in [0.1, 0.15) is 44.6 Å². The van der Waals surface area contributed by atoms with Gasteiger partial charge < -0.3 is 14.4 Å². The van der Waals surface area contributed by atoms with E-state index in [-0.39, 0.29) is 17.4 Å². The fraction of sp³-hybridized carbons (Fsp3) is 0.480. The summed E-state index contributed by atoms with van der Waals surface area (Å²) in [5.74, 6) is 2.03. The van der Waals surface area contributed by atoms with Crippen LogP contribution in [0.4, 0.5) is 10.1 Å². The molecule has 1 saturated heterocycles. The molecule has 1 aliphatic heterocycles. The molecule has 0 aliphatic carbocycles. The number of methoxy groups -OCH3 is 2. The first kappa shape index (κ1) is 23.9. The predicted octanol–water partition coefficient (Wildman–Crippen LogP) is 3.89. The van der Waals surface area contributed by atoms with Crippen molar-refractivity contribution < 1.29 is 13.9 Å². The molecule has 1 aromatic heterocycles. The van der Waals surface area contributed by atoms with Gasteiger partial charge in [-0.05, 0) is 61.0 Å². The first-order valence-corrected chi connectivity index (χ1v) is 11.6. The largest absolute Gasteiger partial charge is 0.497 e. The maximum Gasteiger partial charge on any atom is 0.173 e. The molecule has 2 aromatic carbocycles. The number of benzene rings is 2. The Morgan fingerprint density at radius 1 is 1.03 bits per heavy atom. The zero-order valence-corrected chi connectivity index (χ0v) is 20.5. The second-order valence-corrected chi connectivity index (χ2v) is 9.10. The third-order valence-corrected chi connectivity index (χ3v) is 6.78. The third-order valence-electron chi connectivity index (χ3n) is 6.78. The zero-order chi connectivity index (χ0) is 24.3. The monoisotopic (exact) mass is 468 g/mol. The molecule has 0 bridgehead atoms. The Kier molecular flexibility index (Phi) is 7.02. The van der Waals surface area contributed by atoms with Crippen LogP contribution in [-0.2, 0) is 5.54 Å². The normalized spacial score (nSPS) is 15.9. The predicted molar refractivity (Wildman–Crippen MR) is 129 cm³/mol. The van der Waals surface area contributed by atoms with E-state index < -0.39 is 0 Å². The summed E-state index contributed by atoms with van der Waals surface area (Å²) in [5, 5.41) is 12.9. The van der Waals surface area contributed by atoms with Gasteiger partial charge in [0.15, 0.2) is 5.82 Å². The van der Waals surface area contributed by atoms with Crippen LogP contribution < -0.4 is 14.4 Å². The minimum Gasteiger partial charge on any atom is -0.497 e. The second-order valence-electron chi connectivity index (χ2n) is 9.10. The first-order valence-electron chi connectivity index (χ1n) is 11.6. The topological polar surface area (TPSA) is 68.5 Å². The Morgan fingerprint density at radius 3 is 2.41 bits per heavy atom. The maximum absolute atomic E-state index is 14.4. The van der Waals surface area contributed by atoms with Crippen LogP contribution in [0.15, 0.2) is 42.5 Å². The van der Waals surface area contributed by atoms with Gasteiger partial charge in [-0.15, -0.1) is 5.10 Å². The van der Waals surface area contributed by atoms with Crippen LogP contribution in [0.2, 0.25) is 0 Å². The van der Waals surface area contributed by atoms with Crippen molar-refractivity contribution in [2.45, 2.75) is 38.8 Å². The summed E-state index contributed by atoms with van der Waals surface area (Å²) >= 11 is 0. The van der Waals surface area contributed by atoms with Crippen molar-refractivity contribution in [2.75, 3.05) is 45.3 Å². The molecule has 8 nitrogen and oxygen atoms in total. The quantitative estimate of drug-likeness (QED) is 0.497. The fourth-order valence-electron chi connectivity index (χ4n) is 4.43. The third kappa shape index (κ3) is 4.57. The van der Waals surface area contributed by atoms with E-state index >= 15 is 0 Å². The summed E-state index contributed by atoms with van der Waals surface area (Å²) in [6, 6.07) is 12.5. The highest BCUT2D eigenvalue weighted by atomic mass is 19.1. The molecular weight excluding hydrogens is 435 g/mol. The van der Waals surface area contributed by atoms with E-state index in [1.165, 1.54) is 6.07 Å². The van der Waals surface area contributed by atoms with Gasteiger partial charge >= 0.3 is 0 Å². The van der Waals surface area contributed by atoms with Crippen molar-refractivity contribution in [2.24, 2.45) is 0 Å². The summed E-state index contributed by atoms with van der Waals surface area (Å²) in [5.41, 5.74) is 1.30. The lowest BCUT2D eigenvalue weighted by Crippen LogP contribution is -2.49. The molecule has 1 atom stereocenters. The van der Waals surface area contributed by atoms with E-state index in [4.69, 9.17) is 9.47 Å². The summed E-state index contributed by atoms with van der Waals surface area (Å²) < 4.78 is 27.6. The Bertz CT molecular complexity index is 1110. The van der Waals surface area contributed by atoms with E-state index in [1.807, 2.05) is 35.0 Å². The van der Waals surface area contributed by atoms with Crippen molar-refractivity contribution in [3.8, 4) is 11.5 Å². The molecule has 182 valence electrons. The molecule has 0 saturated carbocycles. The highest BCUT2D eigenvalue weighted by Gasteiger charge is 2.36. The molecule has 34 heavy (non-hydrogen) atoms. The number of ether oxygens (including phenoxy) is 2. The fourth-order valence-corrected chi connectivity index (χ4v) is 4.43. The summed E-state index contributed by atoms with van der Waals surface area (Å²) in [7, 11) is 3.31. The Balaban J connectivity index is 1.74. The van der Waals surface area contributed by atoms with Gasteiger partial charge in [0.05, 0.1) is 25.4 Å². The number of aromatic nitrogens is 4. The minimum atomic E-state index is -0.266. The van der Waals surface area contributed by atoms with Gasteiger partial charge in [0.2, 0.25) is 0 Å². The highest BCUT2D eigenvalue weighted by Crippen LogP contribution is 2.38. The van der Waals surface area contributed by atoms with Crippen LogP contribution in [0.3, 0.4) is 0 Å². The average molecular weight is 469 g/mol. The van der Waals surface area contributed by atoms with Gasteiger partial charge in [0.1, 0.15) is 23.4 Å². The smallest absolute Gasteiger partial charge is 0.173 e. The minimum absolute atomic E-state index is 0.199. The molecule has 0 radical (unpaired) electrons. The molecule has 0 spiro atoms. The van der Waals surface area contributed by atoms with Gasteiger partial charge in [-0.1, -0.05) is 19.1 Å². The molecule has 1 fully saturated rings. The number of tetrazole rings is 1. The van der Waals surface area contributed by atoms with Crippen molar-refractivity contribution in [3.63, 3.8) is 0 Å². The van der Waals surface area contributed by atoms with Gasteiger partial charge in [-0.2, -0.15) is 0 Å². The number of piperazine rings is 1. The van der Waals surface area contributed by atoms with E-state index in [2.05, 4.69) is 46.1 Å². The lowest BCUT2D eigenvalue weighted by Gasteiger charge is -2.40. The zero-order valence-electron chi connectivity index (χ0n) is 20.5. The van der Waals surface area contributed by atoms with Gasteiger partial charge in [-0.3, -0.25) is 4.90 Å². The summed E-state index contributed by atoms with van der Waals surface area (Å²) in [6.45, 7) is 9.16. The van der Waals surface area contributed by atoms with Crippen LogP contribution in [-0.4, -0.2) is 65.5 Å². The lowest BCUT2D eigenvalue weighted by molar-refractivity contribution is 0.184. The second kappa shape index (κ2) is 9.97. The van der Waals surface area contributed by atoms with E-state index in [0.717, 1.165) is 29.3 Å². The molecule has 3 aromatic rings. The Hall–Kier alpha value is -3.20. The lowest BCUT2D eigenvalue weighted by atomic mass is 9.98. The molecule has 1 aliphatic rings. The molecule has 2 heterocycles. The molecule has 4 rings (SSSR count). The van der Waals surface area contributed by atoms with Crippen molar-refractivity contribution in [3.05, 3.63) is 59.7 Å². The first-order chi connectivity index (χ1) is 16.4. The number of halogens is 1. The Labute approximate surface area is 200 Å². The summed E-state index contributed by atoms with van der Waals surface area (Å²) in [4.78, 5) is 4.42. The van der Waals surface area contributed by atoms with Crippen LogP contribution in [0, 0.1) is 5.82 Å². The van der Waals surface area contributed by atoms with Crippen LogP contribution in [0.5, 0.6) is 11.5 Å². The van der Waals surface area contributed by atoms with E-state index in [0.29, 0.717) is 31.9 Å². The van der Waals surface area contributed by atoms with Gasteiger partial charge in [0.25, 0.3) is 0 Å². The van der Waals surface area contributed by atoms with Crippen molar-refractivity contribution in [1.29, 1.82) is 0 Å². The molecule has 0 N–H and O–H groups in total. The standard InChI is InChI=1S/C25H33FN6O2/c1-6-25(2,3)32-24(27-28-29-32)23(19-17-18(33-4)11-12-22(19)34-5)31-15-13-30(14-16-31)21-10-8-7-9-20(21)26/h7-12,17,23H,6,13-16H2,1-5H3/t23-/m1/s1.